The lowest BCUT2D eigenvalue weighted by Crippen LogP contribution is -2.41. The van der Waals surface area contributed by atoms with Crippen molar-refractivity contribution in [1.82, 2.24) is 15.4 Å². The molecule has 2 rings (SSSR count). The first-order valence-electron chi connectivity index (χ1n) is 9.15. The quantitative estimate of drug-likeness (QED) is 0.167. The van der Waals surface area contributed by atoms with Crippen molar-refractivity contribution in [2.24, 2.45) is 4.99 Å². The molecule has 1 aromatic carbocycles. The fourth-order valence-corrected chi connectivity index (χ4v) is 4.50. The second-order valence-corrected chi connectivity index (χ2v) is 9.08. The predicted molar refractivity (Wildman–Crippen MR) is 132 cm³/mol. The number of nitrogens with one attached hydrogen (secondary N) is 3. The minimum Gasteiger partial charge on any atom is -0.491 e. The number of aliphatic imine (C=N–C) groups is 1. The van der Waals surface area contributed by atoms with E-state index < -0.39 is 10.0 Å². The first-order chi connectivity index (χ1) is 14.0. The van der Waals surface area contributed by atoms with Gasteiger partial charge in [0.15, 0.2) is 5.96 Å². The van der Waals surface area contributed by atoms with E-state index in [0.29, 0.717) is 36.5 Å². The number of sulfonamides is 1. The van der Waals surface area contributed by atoms with Crippen molar-refractivity contribution in [1.29, 1.82) is 0 Å². The third-order valence-electron chi connectivity index (χ3n) is 3.91. The van der Waals surface area contributed by atoms with Gasteiger partial charge in [-0.05, 0) is 30.0 Å². The summed E-state index contributed by atoms with van der Waals surface area (Å²) < 4.78 is 37.9. The van der Waals surface area contributed by atoms with Crippen LogP contribution in [0.3, 0.4) is 0 Å². The molecule has 0 aliphatic rings. The molecule has 0 fully saturated rings. The van der Waals surface area contributed by atoms with Crippen LogP contribution in [-0.2, 0) is 21.3 Å². The van der Waals surface area contributed by atoms with Gasteiger partial charge < -0.3 is 20.1 Å². The van der Waals surface area contributed by atoms with Gasteiger partial charge in [0.05, 0.1) is 6.61 Å². The molecule has 1 heterocycles. The van der Waals surface area contributed by atoms with Crippen LogP contribution in [0, 0.1) is 6.92 Å². The average molecular weight is 569 g/mol. The van der Waals surface area contributed by atoms with Crippen LogP contribution in [0.5, 0.6) is 5.75 Å². The number of thiophene rings is 1. The van der Waals surface area contributed by atoms with Gasteiger partial charge in [-0.3, -0.25) is 4.99 Å². The first-order valence-corrected chi connectivity index (χ1v) is 11.5. The smallest absolute Gasteiger partial charge is 0.250 e. The Bertz CT molecular complexity index is 890. The second kappa shape index (κ2) is 13.8. The number of rotatable bonds is 11. The maximum Gasteiger partial charge on any atom is 0.250 e. The Morgan fingerprint density at radius 2 is 1.97 bits per heavy atom. The van der Waals surface area contributed by atoms with Crippen LogP contribution in [0.15, 0.2) is 44.9 Å². The Morgan fingerprint density at radius 3 is 2.63 bits per heavy atom. The molecule has 0 aliphatic carbocycles. The maximum atomic E-state index is 12.1. The molecule has 8 nitrogen and oxygen atoms in total. The van der Waals surface area contributed by atoms with E-state index in [1.54, 1.807) is 31.7 Å². The highest BCUT2D eigenvalue weighted by Crippen LogP contribution is 2.20. The van der Waals surface area contributed by atoms with Crippen molar-refractivity contribution in [3.63, 3.8) is 0 Å². The van der Waals surface area contributed by atoms with Gasteiger partial charge in [-0.25, -0.2) is 13.1 Å². The van der Waals surface area contributed by atoms with Crippen molar-refractivity contribution < 1.29 is 17.9 Å². The highest BCUT2D eigenvalue weighted by molar-refractivity contribution is 14.0. The third-order valence-corrected chi connectivity index (χ3v) is 6.77. The van der Waals surface area contributed by atoms with Crippen molar-refractivity contribution >= 4 is 51.3 Å². The predicted octanol–water partition coefficient (Wildman–Crippen LogP) is 2.34. The summed E-state index contributed by atoms with van der Waals surface area (Å²) in [5, 5.41) is 8.04. The Kier molecular flexibility index (Phi) is 12.3. The number of methoxy groups -OCH3 is 1. The average Bonchev–Trinajstić information content (AvgIpc) is 3.25. The van der Waals surface area contributed by atoms with Crippen molar-refractivity contribution in [3.8, 4) is 5.75 Å². The summed E-state index contributed by atoms with van der Waals surface area (Å²) in [5.41, 5.74) is 2.11. The zero-order chi connectivity index (χ0) is 21.1. The van der Waals surface area contributed by atoms with Gasteiger partial charge in [-0.2, -0.15) is 0 Å². The molecule has 0 amide bonds. The molecular formula is C19H29IN4O4S2. The zero-order valence-corrected chi connectivity index (χ0v) is 21.3. The molecule has 0 atom stereocenters. The van der Waals surface area contributed by atoms with Gasteiger partial charge in [0.1, 0.15) is 16.6 Å². The lowest BCUT2D eigenvalue weighted by atomic mass is 10.1. The summed E-state index contributed by atoms with van der Waals surface area (Å²) >= 11 is 1.19. The van der Waals surface area contributed by atoms with Gasteiger partial charge in [0.25, 0.3) is 0 Å². The number of aryl methyl sites for hydroxylation is 1. The first kappa shape index (κ1) is 26.6. The molecule has 0 unspecified atom stereocenters. The topological polar surface area (TPSA) is 101 Å². The van der Waals surface area contributed by atoms with E-state index >= 15 is 0 Å². The van der Waals surface area contributed by atoms with Gasteiger partial charge in [-0.15, -0.1) is 35.3 Å². The molecule has 0 spiro atoms. The van der Waals surface area contributed by atoms with E-state index in [1.165, 1.54) is 11.3 Å². The van der Waals surface area contributed by atoms with Crippen LogP contribution in [0.2, 0.25) is 0 Å². The van der Waals surface area contributed by atoms with Gasteiger partial charge in [0.2, 0.25) is 10.0 Å². The molecule has 3 N–H and O–H groups in total. The molecule has 2 aromatic rings. The van der Waals surface area contributed by atoms with E-state index in [2.05, 4.69) is 20.3 Å². The zero-order valence-electron chi connectivity index (χ0n) is 17.3. The molecule has 11 heteroatoms. The standard InChI is InChI=1S/C19H28N4O4S2.HI/c1-15-6-7-16(17(13-15)27-11-10-26-3)14-22-19(20-2)21-8-9-23-29(24,25)18-5-4-12-28-18;/h4-7,12-13,23H,8-11,14H2,1-3H3,(H2,20,21,22);1H. The van der Waals surface area contributed by atoms with E-state index in [4.69, 9.17) is 9.47 Å². The summed E-state index contributed by atoms with van der Waals surface area (Å²) in [6.45, 7) is 4.17. The number of nitrogens with zero attached hydrogens (tertiary/aromatic N) is 1. The van der Waals surface area contributed by atoms with E-state index in [9.17, 15) is 8.42 Å². The summed E-state index contributed by atoms with van der Waals surface area (Å²) in [4.78, 5) is 4.17. The highest BCUT2D eigenvalue weighted by atomic mass is 127. The van der Waals surface area contributed by atoms with Crippen LogP contribution in [-0.4, -0.2) is 54.8 Å². The number of halogens is 1. The minimum absolute atomic E-state index is 0. The highest BCUT2D eigenvalue weighted by Gasteiger charge is 2.14. The Balaban J connectivity index is 0.00000450. The third kappa shape index (κ3) is 8.76. The molecule has 0 bridgehead atoms. The molecule has 0 saturated carbocycles. The summed E-state index contributed by atoms with van der Waals surface area (Å²) in [5.74, 6) is 1.37. The van der Waals surface area contributed by atoms with Gasteiger partial charge >= 0.3 is 0 Å². The van der Waals surface area contributed by atoms with Gasteiger partial charge in [0, 0.05) is 39.4 Å². The lowest BCUT2D eigenvalue weighted by Gasteiger charge is -2.15. The molecule has 0 radical (unpaired) electrons. The van der Waals surface area contributed by atoms with Crippen molar-refractivity contribution in [3.05, 3.63) is 46.8 Å². The molecule has 30 heavy (non-hydrogen) atoms. The fourth-order valence-electron chi connectivity index (χ4n) is 2.43. The van der Waals surface area contributed by atoms with Crippen LogP contribution in [0.25, 0.3) is 0 Å². The number of hydrogen-bond acceptors (Lipinski definition) is 6. The van der Waals surface area contributed by atoms with Crippen LogP contribution in [0.1, 0.15) is 11.1 Å². The number of ether oxygens (including phenoxy) is 2. The Morgan fingerprint density at radius 1 is 1.17 bits per heavy atom. The molecule has 1 aromatic heterocycles. The maximum absolute atomic E-state index is 12.1. The Hall–Kier alpha value is -1.41. The number of guanidine groups is 1. The van der Waals surface area contributed by atoms with Crippen LogP contribution >= 0.6 is 35.3 Å². The second-order valence-electron chi connectivity index (χ2n) is 6.13. The Labute approximate surface area is 199 Å². The summed E-state index contributed by atoms with van der Waals surface area (Å²) in [6.07, 6.45) is 0. The van der Waals surface area contributed by atoms with E-state index in [1.807, 2.05) is 25.1 Å². The van der Waals surface area contributed by atoms with Crippen LogP contribution < -0.4 is 20.1 Å². The minimum atomic E-state index is -3.46. The summed E-state index contributed by atoms with van der Waals surface area (Å²) in [7, 11) is -0.156. The van der Waals surface area contributed by atoms with Crippen molar-refractivity contribution in [2.45, 2.75) is 17.7 Å². The van der Waals surface area contributed by atoms with E-state index in [-0.39, 0.29) is 30.5 Å². The molecular weight excluding hydrogens is 539 g/mol. The lowest BCUT2D eigenvalue weighted by molar-refractivity contribution is 0.145. The fraction of sp³-hybridized carbons (Fsp3) is 0.421. The van der Waals surface area contributed by atoms with Gasteiger partial charge in [-0.1, -0.05) is 18.2 Å². The van der Waals surface area contributed by atoms with E-state index in [0.717, 1.165) is 16.9 Å². The van der Waals surface area contributed by atoms with Crippen molar-refractivity contribution in [2.75, 3.05) is 40.5 Å². The normalized spacial score (nSPS) is 11.6. The summed E-state index contributed by atoms with van der Waals surface area (Å²) in [6, 6.07) is 9.31. The van der Waals surface area contributed by atoms with Crippen LogP contribution in [0.4, 0.5) is 0 Å². The number of hydrogen-bond donors (Lipinski definition) is 3. The SMILES string of the molecule is CN=C(NCCNS(=O)(=O)c1cccs1)NCc1ccc(C)cc1OCCOC.I. The molecule has 168 valence electrons. The monoisotopic (exact) mass is 568 g/mol. The largest absolute Gasteiger partial charge is 0.491 e. The number of benzene rings is 1. The molecule has 0 saturated heterocycles. The molecule has 0 aliphatic heterocycles.